The van der Waals surface area contributed by atoms with Gasteiger partial charge in [0.15, 0.2) is 0 Å². The summed E-state index contributed by atoms with van der Waals surface area (Å²) in [6.07, 6.45) is 2.52. The van der Waals surface area contributed by atoms with E-state index in [-0.39, 0.29) is 12.4 Å². The third-order valence-electron chi connectivity index (χ3n) is 4.81. The van der Waals surface area contributed by atoms with Gasteiger partial charge in [-0.2, -0.15) is 0 Å². The van der Waals surface area contributed by atoms with Crippen LogP contribution >= 0.6 is 12.4 Å². The second-order valence-corrected chi connectivity index (χ2v) is 6.57. The Kier molecular flexibility index (Phi) is 6.32. The Morgan fingerprint density at radius 2 is 1.46 bits per heavy atom. The lowest BCUT2D eigenvalue weighted by molar-refractivity contribution is 0.306. The third-order valence-corrected chi connectivity index (χ3v) is 4.81. The second-order valence-electron chi connectivity index (χ2n) is 6.57. The molecule has 0 spiro atoms. The predicted molar refractivity (Wildman–Crippen MR) is 110 cm³/mol. The minimum Gasteiger partial charge on any atom is -0.489 e. The first-order valence-electron chi connectivity index (χ1n) is 8.99. The Hall–Kier alpha value is -2.29. The zero-order valence-corrected chi connectivity index (χ0v) is 15.5. The lowest BCUT2D eigenvalue weighted by Gasteiger charge is -2.12. The fraction of sp³-hybridized carbons (Fsp3) is 0.217. The van der Waals surface area contributed by atoms with Gasteiger partial charge in [-0.1, -0.05) is 66.7 Å². The highest BCUT2D eigenvalue weighted by Crippen LogP contribution is 2.27. The maximum absolute atomic E-state index is 5.86. The third kappa shape index (κ3) is 4.46. The Morgan fingerprint density at radius 1 is 0.808 bits per heavy atom. The number of hydrogen-bond acceptors (Lipinski definition) is 2. The fourth-order valence-electron chi connectivity index (χ4n) is 3.36. The summed E-state index contributed by atoms with van der Waals surface area (Å²) >= 11 is 0. The molecule has 1 N–H and O–H groups in total. The van der Waals surface area contributed by atoms with E-state index in [1.54, 1.807) is 0 Å². The predicted octanol–water partition coefficient (Wildman–Crippen LogP) is 5.78. The van der Waals surface area contributed by atoms with Gasteiger partial charge in [0.1, 0.15) is 12.4 Å². The van der Waals surface area contributed by atoms with Crippen molar-refractivity contribution in [3.8, 4) is 16.9 Å². The van der Waals surface area contributed by atoms with Crippen molar-refractivity contribution in [3.63, 3.8) is 0 Å². The molecule has 1 heterocycles. The summed E-state index contributed by atoms with van der Waals surface area (Å²) in [5.74, 6) is 0.902. The lowest BCUT2D eigenvalue weighted by Crippen LogP contribution is -2.12. The van der Waals surface area contributed by atoms with Gasteiger partial charge in [0.05, 0.1) is 0 Å². The van der Waals surface area contributed by atoms with E-state index in [1.165, 1.54) is 35.1 Å². The van der Waals surface area contributed by atoms with E-state index in [4.69, 9.17) is 4.74 Å². The van der Waals surface area contributed by atoms with E-state index in [9.17, 15) is 0 Å². The number of benzene rings is 3. The summed E-state index contributed by atoms with van der Waals surface area (Å²) < 4.78 is 5.86. The molecular formula is C23H24ClNO. The summed E-state index contributed by atoms with van der Waals surface area (Å²) in [6.45, 7) is 1.74. The molecule has 1 saturated heterocycles. The molecule has 1 aliphatic rings. The van der Waals surface area contributed by atoms with Crippen LogP contribution in [0.2, 0.25) is 0 Å². The molecule has 1 unspecified atom stereocenters. The van der Waals surface area contributed by atoms with Crippen LogP contribution in [0.1, 0.15) is 30.0 Å². The molecule has 0 saturated carbocycles. The number of rotatable bonds is 5. The van der Waals surface area contributed by atoms with Crippen LogP contribution in [0.15, 0.2) is 78.9 Å². The first kappa shape index (κ1) is 18.5. The Balaban J connectivity index is 0.00000196. The summed E-state index contributed by atoms with van der Waals surface area (Å²) in [5.41, 5.74) is 5.04. The average molecular weight is 366 g/mol. The van der Waals surface area contributed by atoms with E-state index in [2.05, 4.69) is 53.8 Å². The van der Waals surface area contributed by atoms with E-state index < -0.39 is 0 Å². The smallest absolute Gasteiger partial charge is 0.119 e. The van der Waals surface area contributed by atoms with E-state index in [1.807, 2.05) is 30.3 Å². The normalized spacial score (nSPS) is 16.1. The van der Waals surface area contributed by atoms with Gasteiger partial charge in [0.25, 0.3) is 0 Å². The maximum atomic E-state index is 5.86. The molecule has 3 aromatic rings. The van der Waals surface area contributed by atoms with Gasteiger partial charge in [-0.3, -0.25) is 0 Å². The first-order chi connectivity index (χ1) is 12.4. The highest BCUT2D eigenvalue weighted by Gasteiger charge is 2.15. The van der Waals surface area contributed by atoms with Gasteiger partial charge in [0, 0.05) is 6.04 Å². The molecule has 0 aromatic heterocycles. The van der Waals surface area contributed by atoms with Crippen LogP contribution in [0.25, 0.3) is 11.1 Å². The summed E-state index contributed by atoms with van der Waals surface area (Å²) in [5, 5.41) is 3.55. The Bertz CT molecular complexity index is 794. The molecule has 3 aromatic carbocycles. The minimum atomic E-state index is 0. The highest BCUT2D eigenvalue weighted by atomic mass is 35.5. The van der Waals surface area contributed by atoms with Gasteiger partial charge < -0.3 is 10.1 Å². The molecule has 0 radical (unpaired) electrons. The highest BCUT2D eigenvalue weighted by molar-refractivity contribution is 5.85. The van der Waals surface area contributed by atoms with Crippen molar-refractivity contribution in [1.82, 2.24) is 5.32 Å². The van der Waals surface area contributed by atoms with E-state index >= 15 is 0 Å². The van der Waals surface area contributed by atoms with Crippen molar-refractivity contribution in [2.75, 3.05) is 6.54 Å². The molecule has 1 aliphatic heterocycles. The quantitative estimate of drug-likeness (QED) is 0.618. The maximum Gasteiger partial charge on any atom is 0.119 e. The van der Waals surface area contributed by atoms with Gasteiger partial charge in [-0.05, 0) is 53.8 Å². The van der Waals surface area contributed by atoms with Crippen LogP contribution in [0.3, 0.4) is 0 Å². The zero-order valence-electron chi connectivity index (χ0n) is 14.7. The molecule has 0 aliphatic carbocycles. The molecule has 1 fully saturated rings. The van der Waals surface area contributed by atoms with Crippen molar-refractivity contribution >= 4 is 12.4 Å². The SMILES string of the molecule is Cl.c1ccc(COc2ccc(-c3ccc(C4CCCN4)cc3)cc2)cc1. The van der Waals surface area contributed by atoms with E-state index in [0.717, 1.165) is 12.3 Å². The molecule has 3 heteroatoms. The number of nitrogens with one attached hydrogen (secondary N) is 1. The van der Waals surface area contributed by atoms with Crippen LogP contribution in [0, 0.1) is 0 Å². The van der Waals surface area contributed by atoms with Crippen molar-refractivity contribution < 1.29 is 4.74 Å². The summed E-state index contributed by atoms with van der Waals surface area (Å²) in [6, 6.07) is 28.1. The minimum absolute atomic E-state index is 0. The summed E-state index contributed by atoms with van der Waals surface area (Å²) in [4.78, 5) is 0. The van der Waals surface area contributed by atoms with Gasteiger partial charge >= 0.3 is 0 Å². The van der Waals surface area contributed by atoms with Crippen LogP contribution in [-0.4, -0.2) is 6.54 Å². The zero-order chi connectivity index (χ0) is 16.9. The average Bonchev–Trinajstić information content (AvgIpc) is 3.23. The van der Waals surface area contributed by atoms with Crippen LogP contribution in [0.4, 0.5) is 0 Å². The standard InChI is InChI=1S/C23H23NO.ClH/c1-2-5-18(6-3-1)17-25-22-14-12-20(13-15-22)19-8-10-21(11-9-19)23-7-4-16-24-23;/h1-3,5-6,8-15,23-24H,4,7,16-17H2;1H. The van der Waals surface area contributed by atoms with Crippen molar-refractivity contribution in [1.29, 1.82) is 0 Å². The van der Waals surface area contributed by atoms with E-state index in [0.29, 0.717) is 12.6 Å². The van der Waals surface area contributed by atoms with Crippen molar-refractivity contribution in [3.05, 3.63) is 90.0 Å². The molecule has 2 nitrogen and oxygen atoms in total. The molecule has 1 atom stereocenters. The number of hydrogen-bond donors (Lipinski definition) is 1. The van der Waals surface area contributed by atoms with Gasteiger partial charge in [-0.25, -0.2) is 0 Å². The largest absolute Gasteiger partial charge is 0.489 e. The molecule has 26 heavy (non-hydrogen) atoms. The van der Waals surface area contributed by atoms with Crippen LogP contribution < -0.4 is 10.1 Å². The molecule has 4 rings (SSSR count). The van der Waals surface area contributed by atoms with Gasteiger partial charge in [-0.15, -0.1) is 12.4 Å². The fourth-order valence-corrected chi connectivity index (χ4v) is 3.36. The molecule has 0 amide bonds. The second kappa shape index (κ2) is 8.88. The van der Waals surface area contributed by atoms with Crippen LogP contribution in [-0.2, 0) is 6.61 Å². The van der Waals surface area contributed by atoms with Crippen LogP contribution in [0.5, 0.6) is 5.75 Å². The Morgan fingerprint density at radius 3 is 2.08 bits per heavy atom. The lowest BCUT2D eigenvalue weighted by atomic mass is 10.00. The van der Waals surface area contributed by atoms with Crippen molar-refractivity contribution in [2.45, 2.75) is 25.5 Å². The number of halogens is 1. The molecule has 0 bridgehead atoms. The molecular weight excluding hydrogens is 342 g/mol. The van der Waals surface area contributed by atoms with Gasteiger partial charge in [0.2, 0.25) is 0 Å². The molecule has 134 valence electrons. The van der Waals surface area contributed by atoms with Crippen molar-refractivity contribution in [2.24, 2.45) is 0 Å². The first-order valence-corrected chi connectivity index (χ1v) is 8.99. The topological polar surface area (TPSA) is 21.3 Å². The summed E-state index contributed by atoms with van der Waals surface area (Å²) in [7, 11) is 0. The number of ether oxygens (including phenoxy) is 1. The monoisotopic (exact) mass is 365 g/mol. The Labute approximate surface area is 161 Å².